The zero-order valence-corrected chi connectivity index (χ0v) is 13.3. The van der Waals surface area contributed by atoms with Crippen LogP contribution >= 0.6 is 0 Å². The maximum atomic E-state index is 12.1. The molecule has 5 N–H and O–H groups in total. The maximum absolute atomic E-state index is 12.1. The molecule has 25 heavy (non-hydrogen) atoms. The molecule has 0 unspecified atom stereocenters. The number of nitrogens with zero attached hydrogens (tertiary/aromatic N) is 1. The first-order chi connectivity index (χ1) is 11.9. The van der Waals surface area contributed by atoms with Gasteiger partial charge in [0.2, 0.25) is 0 Å². The number of nitrogens with two attached hydrogens (primary N) is 1. The van der Waals surface area contributed by atoms with E-state index >= 15 is 0 Å². The summed E-state index contributed by atoms with van der Waals surface area (Å²) in [4.78, 5) is 37.0. The minimum atomic E-state index is -0.522. The number of carbonyl (C=O) groups excluding carboxylic acids is 3. The Morgan fingerprint density at radius 2 is 1.64 bits per heavy atom. The lowest BCUT2D eigenvalue weighted by Gasteiger charge is -2.09. The third-order valence-corrected chi connectivity index (χ3v) is 3.78. The van der Waals surface area contributed by atoms with E-state index < -0.39 is 11.9 Å². The standard InChI is InChI=1S/C17H15N5O3/c1-22-15(23)12-6-5-11(8-13(12)16(22)24)21-17(25)20-10-4-2-3-9(7-10)14(18)19/h2-8H,1H3,(H3,18,19)(H2,20,21,25). The van der Waals surface area contributed by atoms with Gasteiger partial charge in [0.15, 0.2) is 0 Å². The first-order valence-electron chi connectivity index (χ1n) is 7.35. The van der Waals surface area contributed by atoms with Crippen molar-refractivity contribution in [3.8, 4) is 0 Å². The molecule has 0 spiro atoms. The summed E-state index contributed by atoms with van der Waals surface area (Å²) < 4.78 is 0. The molecule has 2 aromatic carbocycles. The molecule has 8 heteroatoms. The van der Waals surface area contributed by atoms with Crippen LogP contribution in [0, 0.1) is 5.41 Å². The number of fused-ring (bicyclic) bond motifs is 1. The van der Waals surface area contributed by atoms with Gasteiger partial charge in [-0.25, -0.2) is 4.79 Å². The number of anilines is 2. The van der Waals surface area contributed by atoms with Crippen LogP contribution in [0.1, 0.15) is 26.3 Å². The normalized spacial score (nSPS) is 12.8. The Morgan fingerprint density at radius 3 is 2.32 bits per heavy atom. The molecule has 8 nitrogen and oxygen atoms in total. The molecule has 1 heterocycles. The maximum Gasteiger partial charge on any atom is 0.323 e. The molecular formula is C17H15N5O3. The van der Waals surface area contributed by atoms with Crippen LogP contribution in [0.25, 0.3) is 0 Å². The number of imide groups is 1. The molecular weight excluding hydrogens is 322 g/mol. The molecule has 0 atom stereocenters. The summed E-state index contributed by atoms with van der Waals surface area (Å²) in [5, 5.41) is 12.6. The average Bonchev–Trinajstić information content (AvgIpc) is 2.79. The van der Waals surface area contributed by atoms with E-state index in [0.29, 0.717) is 22.5 Å². The van der Waals surface area contributed by atoms with Gasteiger partial charge in [0.1, 0.15) is 5.84 Å². The van der Waals surface area contributed by atoms with E-state index in [9.17, 15) is 14.4 Å². The summed E-state index contributed by atoms with van der Waals surface area (Å²) in [5.74, 6) is -0.870. The van der Waals surface area contributed by atoms with Crippen molar-refractivity contribution in [2.24, 2.45) is 5.73 Å². The first kappa shape index (κ1) is 16.2. The highest BCUT2D eigenvalue weighted by molar-refractivity contribution is 6.21. The summed E-state index contributed by atoms with van der Waals surface area (Å²) in [7, 11) is 1.41. The van der Waals surface area contributed by atoms with Gasteiger partial charge in [0.25, 0.3) is 11.8 Å². The van der Waals surface area contributed by atoms with Crippen molar-refractivity contribution < 1.29 is 14.4 Å². The number of amides is 4. The second-order valence-electron chi connectivity index (χ2n) is 5.50. The number of carbonyl (C=O) groups is 3. The van der Waals surface area contributed by atoms with Gasteiger partial charge < -0.3 is 16.4 Å². The third-order valence-electron chi connectivity index (χ3n) is 3.78. The summed E-state index contributed by atoms with van der Waals surface area (Å²) in [6, 6.07) is 10.6. The van der Waals surface area contributed by atoms with Crippen molar-refractivity contribution >= 4 is 35.1 Å². The van der Waals surface area contributed by atoms with Crippen molar-refractivity contribution in [1.29, 1.82) is 5.41 Å². The lowest BCUT2D eigenvalue weighted by molar-refractivity contribution is 0.0693. The van der Waals surface area contributed by atoms with Gasteiger partial charge in [-0.15, -0.1) is 0 Å². The monoisotopic (exact) mass is 337 g/mol. The molecule has 2 aromatic rings. The Balaban J connectivity index is 1.74. The van der Waals surface area contributed by atoms with Crippen molar-refractivity contribution in [1.82, 2.24) is 4.90 Å². The Hall–Kier alpha value is -3.68. The van der Waals surface area contributed by atoms with Crippen molar-refractivity contribution in [2.45, 2.75) is 0 Å². The first-order valence-corrected chi connectivity index (χ1v) is 7.35. The predicted molar refractivity (Wildman–Crippen MR) is 93.0 cm³/mol. The molecule has 126 valence electrons. The second kappa shape index (κ2) is 6.08. The summed E-state index contributed by atoms with van der Waals surface area (Å²) in [6.07, 6.45) is 0. The molecule has 0 saturated carbocycles. The number of benzene rings is 2. The van der Waals surface area contributed by atoms with Gasteiger partial charge in [-0.05, 0) is 30.3 Å². The molecule has 0 radical (unpaired) electrons. The largest absolute Gasteiger partial charge is 0.384 e. The summed E-state index contributed by atoms with van der Waals surface area (Å²) in [6.45, 7) is 0. The van der Waals surface area contributed by atoms with Crippen molar-refractivity contribution in [3.63, 3.8) is 0 Å². The van der Waals surface area contributed by atoms with Crippen LogP contribution in [-0.4, -0.2) is 35.6 Å². The molecule has 1 aliphatic rings. The van der Waals surface area contributed by atoms with E-state index in [1.165, 1.54) is 19.2 Å². The highest BCUT2D eigenvalue weighted by Gasteiger charge is 2.32. The van der Waals surface area contributed by atoms with E-state index in [1.807, 2.05) is 0 Å². The van der Waals surface area contributed by atoms with Gasteiger partial charge in [-0.3, -0.25) is 19.9 Å². The molecule has 1 aliphatic heterocycles. The minimum absolute atomic E-state index is 0.102. The van der Waals surface area contributed by atoms with E-state index in [1.54, 1.807) is 30.3 Å². The average molecular weight is 337 g/mol. The summed E-state index contributed by atoms with van der Waals surface area (Å²) in [5.41, 5.74) is 7.33. The third kappa shape index (κ3) is 3.05. The van der Waals surface area contributed by atoms with Crippen LogP contribution in [0.4, 0.5) is 16.2 Å². The fraction of sp³-hybridized carbons (Fsp3) is 0.0588. The van der Waals surface area contributed by atoms with Gasteiger partial charge in [0.05, 0.1) is 11.1 Å². The van der Waals surface area contributed by atoms with E-state index in [0.717, 1.165) is 4.90 Å². The van der Waals surface area contributed by atoms with Gasteiger partial charge in [-0.2, -0.15) is 0 Å². The Bertz CT molecular complexity index is 922. The number of urea groups is 1. The van der Waals surface area contributed by atoms with E-state index in [-0.39, 0.29) is 17.3 Å². The zero-order chi connectivity index (χ0) is 18.1. The van der Waals surface area contributed by atoms with Gasteiger partial charge >= 0.3 is 6.03 Å². The highest BCUT2D eigenvalue weighted by Crippen LogP contribution is 2.24. The van der Waals surface area contributed by atoms with E-state index in [2.05, 4.69) is 10.6 Å². The van der Waals surface area contributed by atoms with Crippen LogP contribution in [0.15, 0.2) is 42.5 Å². The molecule has 0 aliphatic carbocycles. The fourth-order valence-electron chi connectivity index (χ4n) is 2.50. The molecule has 3 rings (SSSR count). The lowest BCUT2D eigenvalue weighted by Crippen LogP contribution is -2.24. The SMILES string of the molecule is CN1C(=O)c2ccc(NC(=O)Nc3cccc(C(=N)N)c3)cc2C1=O. The number of hydrogen-bond acceptors (Lipinski definition) is 4. The van der Waals surface area contributed by atoms with Crippen molar-refractivity contribution in [2.75, 3.05) is 17.7 Å². The van der Waals surface area contributed by atoms with Crippen molar-refractivity contribution in [3.05, 3.63) is 59.2 Å². The lowest BCUT2D eigenvalue weighted by atomic mass is 10.1. The molecule has 0 aromatic heterocycles. The highest BCUT2D eigenvalue weighted by atomic mass is 16.2. The van der Waals surface area contributed by atoms with E-state index in [4.69, 9.17) is 11.1 Å². The van der Waals surface area contributed by atoms with Crippen LogP contribution in [0.3, 0.4) is 0 Å². The Labute approximate surface area is 143 Å². The molecule has 4 amide bonds. The Morgan fingerprint density at radius 1 is 1.00 bits per heavy atom. The van der Waals surface area contributed by atoms with Crippen LogP contribution in [0.2, 0.25) is 0 Å². The zero-order valence-electron chi connectivity index (χ0n) is 13.3. The Kier molecular flexibility index (Phi) is 3.94. The van der Waals surface area contributed by atoms with Gasteiger partial charge in [0, 0.05) is 24.0 Å². The molecule has 0 fully saturated rings. The number of rotatable bonds is 3. The molecule has 0 saturated heterocycles. The number of hydrogen-bond donors (Lipinski definition) is 4. The van der Waals surface area contributed by atoms with Gasteiger partial charge in [-0.1, -0.05) is 12.1 Å². The fourth-order valence-corrected chi connectivity index (χ4v) is 2.50. The predicted octanol–water partition coefficient (Wildman–Crippen LogP) is 1.84. The summed E-state index contributed by atoms with van der Waals surface area (Å²) >= 11 is 0. The van der Waals surface area contributed by atoms with Crippen LogP contribution in [-0.2, 0) is 0 Å². The quantitative estimate of drug-likeness (QED) is 0.387. The smallest absolute Gasteiger partial charge is 0.323 e. The topological polar surface area (TPSA) is 128 Å². The van der Waals surface area contributed by atoms with Crippen LogP contribution in [0.5, 0.6) is 0 Å². The minimum Gasteiger partial charge on any atom is -0.384 e. The molecule has 0 bridgehead atoms. The number of nitrogen functional groups attached to an aromatic ring is 1. The number of nitrogens with one attached hydrogen (secondary N) is 3. The number of amidine groups is 1. The second-order valence-corrected chi connectivity index (χ2v) is 5.50. The van der Waals surface area contributed by atoms with Crippen LogP contribution < -0.4 is 16.4 Å².